The third-order valence-corrected chi connectivity index (χ3v) is 2.32. The molecule has 0 aliphatic carbocycles. The number of aromatic nitrogens is 2. The van der Waals surface area contributed by atoms with E-state index in [2.05, 4.69) is 28.7 Å². The molecule has 12 heavy (non-hydrogen) atoms. The summed E-state index contributed by atoms with van der Waals surface area (Å²) in [6, 6.07) is 0. The lowest BCUT2D eigenvalue weighted by molar-refractivity contribution is 0.587. The molecule has 0 atom stereocenters. The first-order valence-corrected chi connectivity index (χ1v) is 4.58. The van der Waals surface area contributed by atoms with Gasteiger partial charge < -0.3 is 9.88 Å². The topological polar surface area (TPSA) is 29.9 Å². The summed E-state index contributed by atoms with van der Waals surface area (Å²) >= 11 is 0. The van der Waals surface area contributed by atoms with Gasteiger partial charge in [0, 0.05) is 18.8 Å². The summed E-state index contributed by atoms with van der Waals surface area (Å²) in [5.74, 6) is 1.62. The Morgan fingerprint density at radius 1 is 1.58 bits per heavy atom. The van der Waals surface area contributed by atoms with E-state index in [9.17, 15) is 0 Å². The van der Waals surface area contributed by atoms with E-state index in [1.807, 2.05) is 6.20 Å². The molecular weight excluding hydrogens is 150 g/mol. The molecule has 1 aromatic heterocycles. The van der Waals surface area contributed by atoms with Crippen LogP contribution >= 0.6 is 0 Å². The summed E-state index contributed by atoms with van der Waals surface area (Å²) in [7, 11) is 0. The number of anilines is 1. The van der Waals surface area contributed by atoms with Gasteiger partial charge in [0.15, 0.2) is 0 Å². The molecule has 0 aromatic carbocycles. The van der Waals surface area contributed by atoms with Crippen molar-refractivity contribution >= 4 is 5.95 Å². The average Bonchev–Trinajstić information content (AvgIpc) is 2.47. The van der Waals surface area contributed by atoms with Crippen LogP contribution in [0.3, 0.4) is 0 Å². The maximum atomic E-state index is 4.33. The highest BCUT2D eigenvalue weighted by Crippen LogP contribution is 2.21. The molecule has 1 aromatic rings. The van der Waals surface area contributed by atoms with Gasteiger partial charge in [-0.2, -0.15) is 0 Å². The first-order valence-electron chi connectivity index (χ1n) is 4.58. The van der Waals surface area contributed by atoms with Gasteiger partial charge in [-0.05, 0) is 12.3 Å². The van der Waals surface area contributed by atoms with Gasteiger partial charge in [0.2, 0.25) is 5.95 Å². The predicted molar refractivity (Wildman–Crippen MR) is 49.4 cm³/mol. The van der Waals surface area contributed by atoms with Gasteiger partial charge in [-0.25, -0.2) is 4.98 Å². The van der Waals surface area contributed by atoms with Crippen LogP contribution in [0.5, 0.6) is 0 Å². The Morgan fingerprint density at radius 3 is 3.17 bits per heavy atom. The van der Waals surface area contributed by atoms with E-state index in [1.54, 1.807) is 0 Å². The third-order valence-electron chi connectivity index (χ3n) is 2.32. The highest BCUT2D eigenvalue weighted by atomic mass is 15.2. The fourth-order valence-corrected chi connectivity index (χ4v) is 1.66. The molecular formula is C9H15N3. The zero-order valence-corrected chi connectivity index (χ0v) is 7.67. The highest BCUT2D eigenvalue weighted by Gasteiger charge is 2.14. The van der Waals surface area contributed by atoms with Crippen molar-refractivity contribution in [1.82, 2.24) is 9.55 Å². The van der Waals surface area contributed by atoms with E-state index < -0.39 is 0 Å². The molecule has 0 saturated carbocycles. The van der Waals surface area contributed by atoms with Gasteiger partial charge in [0.25, 0.3) is 0 Å². The van der Waals surface area contributed by atoms with Crippen LogP contribution in [0.4, 0.5) is 5.95 Å². The Morgan fingerprint density at radius 2 is 2.42 bits per heavy atom. The SMILES string of the molecule is CC(C)c1cnc2n1CCCN2. The van der Waals surface area contributed by atoms with E-state index in [-0.39, 0.29) is 0 Å². The van der Waals surface area contributed by atoms with E-state index in [0.717, 1.165) is 19.0 Å². The largest absolute Gasteiger partial charge is 0.356 e. The van der Waals surface area contributed by atoms with Crippen LogP contribution < -0.4 is 5.32 Å². The predicted octanol–water partition coefficient (Wildman–Crippen LogP) is 1.82. The Bertz CT molecular complexity index is 275. The van der Waals surface area contributed by atoms with Crippen molar-refractivity contribution in [2.45, 2.75) is 32.7 Å². The van der Waals surface area contributed by atoms with E-state index in [1.165, 1.54) is 12.1 Å². The number of nitrogens with zero attached hydrogens (tertiary/aromatic N) is 2. The van der Waals surface area contributed by atoms with Gasteiger partial charge in [-0.3, -0.25) is 0 Å². The lowest BCUT2D eigenvalue weighted by Gasteiger charge is -2.18. The van der Waals surface area contributed by atoms with E-state index >= 15 is 0 Å². The zero-order valence-electron chi connectivity index (χ0n) is 7.67. The highest BCUT2D eigenvalue weighted by molar-refractivity contribution is 5.32. The molecule has 0 amide bonds. The summed E-state index contributed by atoms with van der Waals surface area (Å²) in [5, 5.41) is 3.29. The monoisotopic (exact) mass is 165 g/mol. The maximum absolute atomic E-state index is 4.33. The minimum Gasteiger partial charge on any atom is -0.356 e. The molecule has 0 saturated heterocycles. The Kier molecular flexibility index (Phi) is 1.79. The second-order valence-electron chi connectivity index (χ2n) is 3.59. The molecule has 3 heteroatoms. The second-order valence-corrected chi connectivity index (χ2v) is 3.59. The Labute approximate surface area is 72.8 Å². The van der Waals surface area contributed by atoms with Gasteiger partial charge in [-0.1, -0.05) is 13.8 Å². The van der Waals surface area contributed by atoms with Crippen molar-refractivity contribution < 1.29 is 0 Å². The number of rotatable bonds is 1. The smallest absolute Gasteiger partial charge is 0.203 e. The first-order chi connectivity index (χ1) is 5.79. The Balaban J connectivity index is 2.38. The van der Waals surface area contributed by atoms with Crippen LogP contribution in [0.15, 0.2) is 6.20 Å². The maximum Gasteiger partial charge on any atom is 0.203 e. The normalized spacial score (nSPS) is 15.9. The quantitative estimate of drug-likeness (QED) is 0.688. The first kappa shape index (κ1) is 7.65. The van der Waals surface area contributed by atoms with Crippen LogP contribution in [0.2, 0.25) is 0 Å². The number of nitrogens with one attached hydrogen (secondary N) is 1. The van der Waals surface area contributed by atoms with Crippen molar-refractivity contribution in [3.8, 4) is 0 Å². The third kappa shape index (κ3) is 1.09. The summed E-state index contributed by atoms with van der Waals surface area (Å²) < 4.78 is 2.29. The summed E-state index contributed by atoms with van der Waals surface area (Å²) in [5.41, 5.74) is 1.34. The summed E-state index contributed by atoms with van der Waals surface area (Å²) in [4.78, 5) is 4.33. The van der Waals surface area contributed by atoms with Crippen molar-refractivity contribution in [2.75, 3.05) is 11.9 Å². The zero-order chi connectivity index (χ0) is 8.55. The van der Waals surface area contributed by atoms with Crippen molar-refractivity contribution in [3.05, 3.63) is 11.9 Å². The number of fused-ring (bicyclic) bond motifs is 1. The molecule has 0 fully saturated rings. The molecule has 0 unspecified atom stereocenters. The Hall–Kier alpha value is -0.990. The van der Waals surface area contributed by atoms with Crippen LogP contribution in [-0.2, 0) is 6.54 Å². The molecule has 1 aliphatic heterocycles. The fourth-order valence-electron chi connectivity index (χ4n) is 1.66. The van der Waals surface area contributed by atoms with Crippen LogP contribution in [0.1, 0.15) is 31.9 Å². The fraction of sp³-hybridized carbons (Fsp3) is 0.667. The van der Waals surface area contributed by atoms with Gasteiger partial charge in [0.05, 0.1) is 6.20 Å². The molecule has 0 bridgehead atoms. The molecule has 1 N–H and O–H groups in total. The number of imidazole rings is 1. The summed E-state index contributed by atoms with van der Waals surface area (Å²) in [6.07, 6.45) is 3.20. The van der Waals surface area contributed by atoms with Crippen LogP contribution in [-0.4, -0.2) is 16.1 Å². The van der Waals surface area contributed by atoms with Gasteiger partial charge in [-0.15, -0.1) is 0 Å². The molecule has 0 radical (unpaired) electrons. The summed E-state index contributed by atoms with van der Waals surface area (Å²) in [6.45, 7) is 6.60. The molecule has 2 rings (SSSR count). The van der Waals surface area contributed by atoms with Crippen LogP contribution in [0, 0.1) is 0 Å². The molecule has 3 nitrogen and oxygen atoms in total. The lowest BCUT2D eigenvalue weighted by Crippen LogP contribution is -2.19. The van der Waals surface area contributed by atoms with Gasteiger partial charge >= 0.3 is 0 Å². The van der Waals surface area contributed by atoms with Gasteiger partial charge in [0.1, 0.15) is 0 Å². The van der Waals surface area contributed by atoms with Crippen molar-refractivity contribution in [2.24, 2.45) is 0 Å². The van der Waals surface area contributed by atoms with Crippen molar-refractivity contribution in [1.29, 1.82) is 0 Å². The number of hydrogen-bond donors (Lipinski definition) is 1. The minimum atomic E-state index is 0.575. The average molecular weight is 165 g/mol. The minimum absolute atomic E-state index is 0.575. The molecule has 66 valence electrons. The standard InChI is InChI=1S/C9H15N3/c1-7(2)8-6-11-9-10-4-3-5-12(8)9/h6-7H,3-5H2,1-2H3,(H,10,11). The van der Waals surface area contributed by atoms with Crippen molar-refractivity contribution in [3.63, 3.8) is 0 Å². The molecule has 1 aliphatic rings. The van der Waals surface area contributed by atoms with E-state index in [0.29, 0.717) is 5.92 Å². The number of hydrogen-bond acceptors (Lipinski definition) is 2. The van der Waals surface area contributed by atoms with Crippen LogP contribution in [0.25, 0.3) is 0 Å². The molecule has 2 heterocycles. The van der Waals surface area contributed by atoms with E-state index in [4.69, 9.17) is 0 Å². The lowest BCUT2D eigenvalue weighted by atomic mass is 10.1. The second kappa shape index (κ2) is 2.81. The molecule has 0 spiro atoms.